The lowest BCUT2D eigenvalue weighted by Crippen LogP contribution is -2.57. The van der Waals surface area contributed by atoms with Gasteiger partial charge in [0.1, 0.15) is 0 Å². The Balaban J connectivity index is 1.60. The summed E-state index contributed by atoms with van der Waals surface area (Å²) in [6.07, 6.45) is 34.6. The molecule has 4 bridgehead atoms. The minimum Gasteiger partial charge on any atom is -0.466 e. The molecular formula is C60H111NO10. The summed E-state index contributed by atoms with van der Waals surface area (Å²) in [5.41, 5.74) is 0.131. The van der Waals surface area contributed by atoms with E-state index in [1.165, 1.54) is 77.0 Å². The second-order valence-corrected chi connectivity index (χ2v) is 22.6. The largest absolute Gasteiger partial charge is 0.466 e. The Morgan fingerprint density at radius 2 is 0.718 bits per heavy atom. The molecule has 0 spiro atoms. The Morgan fingerprint density at radius 1 is 0.408 bits per heavy atom. The van der Waals surface area contributed by atoms with Gasteiger partial charge in [0.05, 0.1) is 32.7 Å². The highest BCUT2D eigenvalue weighted by Gasteiger charge is 2.62. The second-order valence-electron chi connectivity index (χ2n) is 22.6. The van der Waals surface area contributed by atoms with Gasteiger partial charge in [-0.15, -0.1) is 0 Å². The van der Waals surface area contributed by atoms with Crippen molar-refractivity contribution in [1.29, 1.82) is 0 Å². The van der Waals surface area contributed by atoms with Gasteiger partial charge in [-0.25, -0.2) is 0 Å². The number of ether oxygens (including phenoxy) is 7. The topological polar surface area (TPSA) is 119 Å². The van der Waals surface area contributed by atoms with Gasteiger partial charge in [-0.05, 0) is 132 Å². The van der Waals surface area contributed by atoms with E-state index < -0.39 is 0 Å². The average molecular weight is 1010 g/mol. The molecule has 71 heavy (non-hydrogen) atoms. The lowest BCUT2D eigenvalue weighted by atomic mass is 9.38. The molecule has 0 aromatic heterocycles. The van der Waals surface area contributed by atoms with Crippen molar-refractivity contribution in [2.45, 2.75) is 279 Å². The number of hydrogen-bond acceptors (Lipinski definition) is 11. The van der Waals surface area contributed by atoms with Crippen molar-refractivity contribution in [3.05, 3.63) is 0 Å². The number of unbranched alkanes of at least 4 members (excludes halogenated alkanes) is 16. The Hall–Kier alpha value is -1.79. The number of rotatable bonds is 49. The summed E-state index contributed by atoms with van der Waals surface area (Å²) in [4.78, 5) is 42.0. The molecular weight excluding hydrogens is 895 g/mol. The molecule has 0 amide bonds. The highest BCUT2D eigenvalue weighted by Crippen LogP contribution is 2.72. The Bertz CT molecular complexity index is 1250. The van der Waals surface area contributed by atoms with Crippen LogP contribution in [-0.2, 0) is 47.5 Å². The van der Waals surface area contributed by atoms with Crippen LogP contribution in [0.15, 0.2) is 0 Å². The van der Waals surface area contributed by atoms with Gasteiger partial charge in [0, 0.05) is 45.7 Å². The van der Waals surface area contributed by atoms with Gasteiger partial charge in [-0.2, -0.15) is 0 Å². The number of carbonyl (C=O) groups is 3. The van der Waals surface area contributed by atoms with Crippen molar-refractivity contribution in [3.63, 3.8) is 0 Å². The minimum atomic E-state index is -0.383. The van der Waals surface area contributed by atoms with Crippen LogP contribution in [0.1, 0.15) is 266 Å². The van der Waals surface area contributed by atoms with E-state index >= 15 is 0 Å². The first-order chi connectivity index (χ1) is 34.6. The van der Waals surface area contributed by atoms with E-state index in [4.69, 9.17) is 33.2 Å². The normalized spacial score (nSPS) is 21.5. The molecule has 0 aliphatic heterocycles. The fourth-order valence-corrected chi connectivity index (χ4v) is 12.8. The van der Waals surface area contributed by atoms with Crippen LogP contribution in [0.4, 0.5) is 0 Å². The summed E-state index contributed by atoms with van der Waals surface area (Å²) < 4.78 is 42.9. The van der Waals surface area contributed by atoms with Crippen LogP contribution >= 0.6 is 0 Å². The summed E-state index contributed by atoms with van der Waals surface area (Å²) in [5.74, 6) is 0.0950. The molecule has 416 valence electrons. The minimum absolute atomic E-state index is 0.0385. The predicted molar refractivity (Wildman–Crippen MR) is 287 cm³/mol. The van der Waals surface area contributed by atoms with E-state index in [0.29, 0.717) is 71.4 Å². The molecule has 0 heterocycles. The molecule has 11 heteroatoms. The van der Waals surface area contributed by atoms with E-state index in [1.54, 1.807) is 0 Å². The van der Waals surface area contributed by atoms with Gasteiger partial charge in [0.25, 0.3) is 0 Å². The molecule has 2 unspecified atom stereocenters. The fraction of sp³-hybridized carbons (Fsp3) is 0.950. The van der Waals surface area contributed by atoms with E-state index in [-0.39, 0.29) is 59.6 Å². The van der Waals surface area contributed by atoms with Crippen molar-refractivity contribution in [1.82, 2.24) is 4.90 Å². The third-order valence-corrected chi connectivity index (χ3v) is 16.2. The summed E-state index contributed by atoms with van der Waals surface area (Å²) in [6.45, 7) is 20.0. The molecule has 4 aliphatic carbocycles. The maximum Gasteiger partial charge on any atom is 0.305 e. The van der Waals surface area contributed by atoms with E-state index in [2.05, 4.69) is 46.4 Å². The van der Waals surface area contributed by atoms with Crippen LogP contribution in [0.2, 0.25) is 0 Å². The summed E-state index contributed by atoms with van der Waals surface area (Å²) >= 11 is 0. The van der Waals surface area contributed by atoms with Gasteiger partial charge >= 0.3 is 17.9 Å². The van der Waals surface area contributed by atoms with Crippen molar-refractivity contribution in [2.75, 3.05) is 65.9 Å². The molecule has 0 aromatic carbocycles. The third-order valence-electron chi connectivity index (χ3n) is 16.2. The molecule has 0 N–H and O–H groups in total. The van der Waals surface area contributed by atoms with Gasteiger partial charge in [-0.3, -0.25) is 14.4 Å². The number of carbonyl (C=O) groups excluding carboxylic acids is 3. The zero-order valence-corrected chi connectivity index (χ0v) is 47.1. The summed E-state index contributed by atoms with van der Waals surface area (Å²) in [5, 5.41) is 0. The zero-order valence-electron chi connectivity index (χ0n) is 47.1. The van der Waals surface area contributed by atoms with Crippen molar-refractivity contribution >= 4 is 17.9 Å². The van der Waals surface area contributed by atoms with Crippen LogP contribution in [0.3, 0.4) is 0 Å². The molecule has 0 radical (unpaired) electrons. The lowest BCUT2D eigenvalue weighted by molar-refractivity contribution is -0.183. The Kier molecular flexibility index (Phi) is 34.6. The van der Waals surface area contributed by atoms with Crippen LogP contribution in [-0.4, -0.2) is 101 Å². The predicted octanol–water partition coefficient (Wildman–Crippen LogP) is 15.0. The highest BCUT2D eigenvalue weighted by molar-refractivity contribution is 5.70. The van der Waals surface area contributed by atoms with E-state index in [1.807, 2.05) is 0 Å². The third kappa shape index (κ3) is 27.5. The van der Waals surface area contributed by atoms with Gasteiger partial charge in [0.15, 0.2) is 12.6 Å². The molecule has 2 atom stereocenters. The Morgan fingerprint density at radius 3 is 1.03 bits per heavy atom. The standard InChI is InChI=1S/C60H111NO10/c1-7-13-17-21-25-39-68-56(69-40-26-22-18-14-8-2)33-31-54(63)66-44-36-59-47-52-46-58(49-59,35-43-65-53(62)30-29-38-61(11-5)12-6)50-60(48-52,51-59)37-45-67-55(64)32-34-57(70-41-27-23-19-15-9-3)71-42-28-24-20-16-10-4/h52,56-57H,7-51H2,1-6H3. The molecule has 4 aliphatic rings. The van der Waals surface area contributed by atoms with Crippen LogP contribution in [0, 0.1) is 22.2 Å². The molecule has 0 aromatic rings. The molecule has 0 saturated heterocycles. The van der Waals surface area contributed by atoms with Crippen LogP contribution in [0.25, 0.3) is 0 Å². The molecule has 11 nitrogen and oxygen atoms in total. The zero-order chi connectivity index (χ0) is 51.3. The maximum atomic E-state index is 13.4. The quantitative estimate of drug-likeness (QED) is 0.0251. The van der Waals surface area contributed by atoms with E-state index in [0.717, 1.165) is 135 Å². The number of nitrogens with zero attached hydrogens (tertiary/aromatic N) is 1. The summed E-state index contributed by atoms with van der Waals surface area (Å²) in [7, 11) is 0. The van der Waals surface area contributed by atoms with Gasteiger partial charge in [0.2, 0.25) is 0 Å². The summed E-state index contributed by atoms with van der Waals surface area (Å²) in [6, 6.07) is 0. The SMILES string of the molecule is CCCCCCCOC(CCC(=O)OCCC12CC3CC(CCOC(=O)CCCN(CC)CC)(C1)CC(CCOC(=O)CCC(OCCCCCCC)OCCCCCCC)(C3)C2)OCCCCCCC. The number of esters is 3. The first kappa shape index (κ1) is 63.5. The van der Waals surface area contributed by atoms with Crippen LogP contribution in [0.5, 0.6) is 0 Å². The highest BCUT2D eigenvalue weighted by atomic mass is 16.7. The number of hydrogen-bond donors (Lipinski definition) is 0. The van der Waals surface area contributed by atoms with Gasteiger partial charge < -0.3 is 38.1 Å². The first-order valence-corrected chi connectivity index (χ1v) is 30.2. The van der Waals surface area contributed by atoms with E-state index in [9.17, 15) is 14.4 Å². The molecule has 4 fully saturated rings. The lowest BCUT2D eigenvalue weighted by Gasteiger charge is -2.67. The smallest absolute Gasteiger partial charge is 0.305 e. The average Bonchev–Trinajstić information content (AvgIpc) is 3.34. The maximum absolute atomic E-state index is 13.4. The fourth-order valence-electron chi connectivity index (χ4n) is 12.8. The molecule has 4 rings (SSSR count). The molecule has 4 saturated carbocycles. The van der Waals surface area contributed by atoms with Crippen LogP contribution < -0.4 is 0 Å². The van der Waals surface area contributed by atoms with Gasteiger partial charge in [-0.1, -0.05) is 144 Å². The monoisotopic (exact) mass is 1010 g/mol. The van der Waals surface area contributed by atoms with Crippen molar-refractivity contribution < 1.29 is 47.5 Å². The second kappa shape index (κ2) is 38.7. The van der Waals surface area contributed by atoms with Crippen molar-refractivity contribution in [3.8, 4) is 0 Å². The first-order valence-electron chi connectivity index (χ1n) is 30.2. The van der Waals surface area contributed by atoms with Crippen molar-refractivity contribution in [2.24, 2.45) is 22.2 Å². The Labute approximate surface area is 435 Å².